The highest BCUT2D eigenvalue weighted by atomic mass is 35.5. The Morgan fingerprint density at radius 3 is 2.52 bits per heavy atom. The minimum absolute atomic E-state index is 0.132. The van der Waals surface area contributed by atoms with Crippen LogP contribution in [0.15, 0.2) is 35.8 Å². The molecule has 0 aliphatic carbocycles. The second kappa shape index (κ2) is 9.48. The van der Waals surface area contributed by atoms with Gasteiger partial charge in [-0.05, 0) is 36.4 Å². The first-order chi connectivity index (χ1) is 12.8. The second-order valence-electron chi connectivity index (χ2n) is 6.08. The number of hydrogen-bond donors (Lipinski definition) is 2. The highest BCUT2D eigenvalue weighted by molar-refractivity contribution is 7.12. The number of nitrogens with zero attached hydrogens (tertiary/aromatic N) is 1. The topological polar surface area (TPSA) is 97.4 Å². The standard InChI is InChI=1S/C18H20ClN3O4S/c1-10(2)14(22-17(24)13-7-5-9-27-13)18(25)26-11(3)16(23)21-12-6-4-8-20-15(12)19/h4-11,14H,1-3H3,(H,21,23)(H,22,24). The molecule has 2 heterocycles. The van der Waals surface area contributed by atoms with Crippen molar-refractivity contribution in [2.24, 2.45) is 5.92 Å². The molecule has 144 valence electrons. The Morgan fingerprint density at radius 1 is 1.19 bits per heavy atom. The number of esters is 1. The number of ether oxygens (including phenoxy) is 1. The molecule has 0 fully saturated rings. The molecule has 2 unspecified atom stereocenters. The Hall–Kier alpha value is -2.45. The molecule has 2 N–H and O–H groups in total. The van der Waals surface area contributed by atoms with Crippen LogP contribution < -0.4 is 10.6 Å². The zero-order valence-corrected chi connectivity index (χ0v) is 16.6. The van der Waals surface area contributed by atoms with Gasteiger partial charge < -0.3 is 15.4 Å². The number of pyridine rings is 1. The van der Waals surface area contributed by atoms with Gasteiger partial charge in [0.25, 0.3) is 11.8 Å². The van der Waals surface area contributed by atoms with Gasteiger partial charge in [-0.2, -0.15) is 0 Å². The molecule has 9 heteroatoms. The SMILES string of the molecule is CC(OC(=O)C(NC(=O)c1cccs1)C(C)C)C(=O)Nc1cccnc1Cl. The van der Waals surface area contributed by atoms with Gasteiger partial charge in [-0.3, -0.25) is 9.59 Å². The van der Waals surface area contributed by atoms with Gasteiger partial charge >= 0.3 is 5.97 Å². The monoisotopic (exact) mass is 409 g/mol. The van der Waals surface area contributed by atoms with Crippen LogP contribution in [0.5, 0.6) is 0 Å². The second-order valence-corrected chi connectivity index (χ2v) is 7.39. The summed E-state index contributed by atoms with van der Waals surface area (Å²) in [5, 5.41) is 7.11. The number of halogens is 1. The normalized spacial score (nSPS) is 12.9. The molecule has 2 aromatic heterocycles. The van der Waals surface area contributed by atoms with E-state index in [0.29, 0.717) is 10.6 Å². The first kappa shape index (κ1) is 20.9. The molecule has 0 bridgehead atoms. The van der Waals surface area contributed by atoms with Crippen LogP contribution >= 0.6 is 22.9 Å². The number of rotatable bonds is 7. The average Bonchev–Trinajstić information content (AvgIpc) is 3.15. The molecule has 0 aromatic carbocycles. The summed E-state index contributed by atoms with van der Waals surface area (Å²) in [6, 6.07) is 5.73. The van der Waals surface area contributed by atoms with Crippen molar-refractivity contribution in [3.05, 3.63) is 45.9 Å². The van der Waals surface area contributed by atoms with Crippen LogP contribution in [-0.2, 0) is 14.3 Å². The third kappa shape index (κ3) is 5.77. The van der Waals surface area contributed by atoms with E-state index in [1.54, 1.807) is 43.5 Å². The predicted molar refractivity (Wildman–Crippen MR) is 104 cm³/mol. The van der Waals surface area contributed by atoms with Gasteiger partial charge in [0.15, 0.2) is 11.3 Å². The molecule has 0 saturated heterocycles. The van der Waals surface area contributed by atoms with Gasteiger partial charge in [0.05, 0.1) is 10.6 Å². The molecule has 2 amide bonds. The fraction of sp³-hybridized carbons (Fsp3) is 0.333. The summed E-state index contributed by atoms with van der Waals surface area (Å²) in [5.41, 5.74) is 0.318. The molecule has 0 spiro atoms. The lowest BCUT2D eigenvalue weighted by Gasteiger charge is -2.22. The van der Waals surface area contributed by atoms with Crippen molar-refractivity contribution in [3.8, 4) is 0 Å². The molecule has 27 heavy (non-hydrogen) atoms. The van der Waals surface area contributed by atoms with Gasteiger partial charge in [-0.1, -0.05) is 31.5 Å². The van der Waals surface area contributed by atoms with E-state index in [-0.39, 0.29) is 17.0 Å². The molecule has 7 nitrogen and oxygen atoms in total. The van der Waals surface area contributed by atoms with Crippen LogP contribution in [0, 0.1) is 5.92 Å². The molecule has 2 aromatic rings. The van der Waals surface area contributed by atoms with Gasteiger partial charge in [0, 0.05) is 6.20 Å². The highest BCUT2D eigenvalue weighted by Gasteiger charge is 2.29. The average molecular weight is 410 g/mol. The Labute approximate surface area is 166 Å². The van der Waals surface area contributed by atoms with E-state index >= 15 is 0 Å². The fourth-order valence-electron chi connectivity index (χ4n) is 2.13. The highest BCUT2D eigenvalue weighted by Crippen LogP contribution is 2.18. The van der Waals surface area contributed by atoms with E-state index in [0.717, 1.165) is 0 Å². The van der Waals surface area contributed by atoms with Crippen molar-refractivity contribution < 1.29 is 19.1 Å². The molecular formula is C18H20ClN3O4S. The van der Waals surface area contributed by atoms with Crippen LogP contribution in [-0.4, -0.2) is 34.9 Å². The van der Waals surface area contributed by atoms with Gasteiger partial charge in [0.2, 0.25) is 0 Å². The maximum Gasteiger partial charge on any atom is 0.329 e. The van der Waals surface area contributed by atoms with E-state index in [2.05, 4.69) is 15.6 Å². The quantitative estimate of drug-likeness (QED) is 0.541. The van der Waals surface area contributed by atoms with Crippen molar-refractivity contribution in [2.45, 2.75) is 32.9 Å². The lowest BCUT2D eigenvalue weighted by Crippen LogP contribution is -2.47. The van der Waals surface area contributed by atoms with Crippen molar-refractivity contribution in [2.75, 3.05) is 5.32 Å². The number of nitrogens with one attached hydrogen (secondary N) is 2. The fourth-order valence-corrected chi connectivity index (χ4v) is 2.93. The third-order valence-corrected chi connectivity index (χ3v) is 4.80. The number of carbonyl (C=O) groups excluding carboxylic acids is 3. The molecule has 0 aliphatic rings. The Balaban J connectivity index is 1.98. The van der Waals surface area contributed by atoms with Crippen LogP contribution in [0.2, 0.25) is 5.15 Å². The van der Waals surface area contributed by atoms with Crippen molar-refractivity contribution in [1.29, 1.82) is 0 Å². The summed E-state index contributed by atoms with van der Waals surface area (Å²) in [7, 11) is 0. The number of hydrogen-bond acceptors (Lipinski definition) is 6. The summed E-state index contributed by atoms with van der Waals surface area (Å²) in [5.74, 6) is -1.82. The zero-order valence-electron chi connectivity index (χ0n) is 15.1. The summed E-state index contributed by atoms with van der Waals surface area (Å²) < 4.78 is 5.24. The van der Waals surface area contributed by atoms with Crippen LogP contribution in [0.25, 0.3) is 0 Å². The lowest BCUT2D eigenvalue weighted by atomic mass is 10.0. The Morgan fingerprint density at radius 2 is 1.93 bits per heavy atom. The Bertz CT molecular complexity index is 811. The first-order valence-corrected chi connectivity index (χ1v) is 9.51. The van der Waals surface area contributed by atoms with E-state index in [1.807, 2.05) is 0 Å². The molecule has 0 aliphatic heterocycles. The van der Waals surface area contributed by atoms with Crippen LogP contribution in [0.1, 0.15) is 30.4 Å². The minimum atomic E-state index is -1.08. The van der Waals surface area contributed by atoms with E-state index < -0.39 is 24.0 Å². The molecular weight excluding hydrogens is 390 g/mol. The molecule has 0 saturated carbocycles. The predicted octanol–water partition coefficient (Wildman–Crippen LogP) is 3.12. The minimum Gasteiger partial charge on any atom is -0.451 e. The summed E-state index contributed by atoms with van der Waals surface area (Å²) in [6.07, 6.45) is 0.416. The summed E-state index contributed by atoms with van der Waals surface area (Å²) in [6.45, 7) is 5.00. The summed E-state index contributed by atoms with van der Waals surface area (Å²) >= 11 is 7.17. The van der Waals surface area contributed by atoms with Crippen molar-refractivity contribution in [1.82, 2.24) is 10.3 Å². The lowest BCUT2D eigenvalue weighted by molar-refractivity contribution is -0.156. The zero-order chi connectivity index (χ0) is 20.0. The number of anilines is 1. The smallest absolute Gasteiger partial charge is 0.329 e. The van der Waals surface area contributed by atoms with E-state index in [4.69, 9.17) is 16.3 Å². The maximum atomic E-state index is 12.5. The van der Waals surface area contributed by atoms with Crippen molar-refractivity contribution in [3.63, 3.8) is 0 Å². The van der Waals surface area contributed by atoms with Crippen LogP contribution in [0.4, 0.5) is 5.69 Å². The molecule has 0 radical (unpaired) electrons. The largest absolute Gasteiger partial charge is 0.451 e. The maximum absolute atomic E-state index is 12.5. The van der Waals surface area contributed by atoms with Crippen molar-refractivity contribution >= 4 is 46.4 Å². The number of amides is 2. The van der Waals surface area contributed by atoms with Crippen LogP contribution in [0.3, 0.4) is 0 Å². The van der Waals surface area contributed by atoms with E-state index in [1.165, 1.54) is 24.5 Å². The Kier molecular flexibility index (Phi) is 7.32. The summed E-state index contributed by atoms with van der Waals surface area (Å²) in [4.78, 5) is 41.3. The van der Waals surface area contributed by atoms with Gasteiger partial charge in [-0.15, -0.1) is 11.3 Å². The number of carbonyl (C=O) groups is 3. The molecule has 2 rings (SSSR count). The first-order valence-electron chi connectivity index (χ1n) is 8.25. The third-order valence-electron chi connectivity index (χ3n) is 3.63. The van der Waals surface area contributed by atoms with Gasteiger partial charge in [-0.25, -0.2) is 9.78 Å². The number of aromatic nitrogens is 1. The molecule has 2 atom stereocenters. The van der Waals surface area contributed by atoms with Gasteiger partial charge in [0.1, 0.15) is 6.04 Å². The van der Waals surface area contributed by atoms with E-state index in [9.17, 15) is 14.4 Å². The number of thiophene rings is 1.